The smallest absolute Gasteiger partial charge is 0.218 e. The van der Waals surface area contributed by atoms with Crippen molar-refractivity contribution in [2.24, 2.45) is 0 Å². The van der Waals surface area contributed by atoms with Crippen LogP contribution in [0.1, 0.15) is 31.4 Å². The first-order valence-electron chi connectivity index (χ1n) is 8.08. The van der Waals surface area contributed by atoms with Gasteiger partial charge in [0.25, 0.3) is 0 Å². The van der Waals surface area contributed by atoms with Crippen LogP contribution in [-0.2, 0) is 11.3 Å². The van der Waals surface area contributed by atoms with Crippen LogP contribution >= 0.6 is 0 Å². The number of carbonyl (C=O) groups excluding carboxylic acids is 1. The zero-order valence-corrected chi connectivity index (χ0v) is 14.1. The molecule has 2 rings (SSSR count). The zero-order chi connectivity index (χ0) is 16.7. The molecule has 1 amide bonds. The number of fused-ring (bicyclic) bond motifs is 1. The summed E-state index contributed by atoms with van der Waals surface area (Å²) >= 11 is 0. The summed E-state index contributed by atoms with van der Waals surface area (Å²) in [4.78, 5) is 15.5. The molecule has 5 nitrogen and oxygen atoms in total. The second-order valence-electron chi connectivity index (χ2n) is 5.66. The van der Waals surface area contributed by atoms with Crippen LogP contribution in [-0.4, -0.2) is 30.6 Å². The van der Waals surface area contributed by atoms with Crippen LogP contribution in [0.25, 0.3) is 10.9 Å². The number of pyridine rings is 1. The summed E-state index contributed by atoms with van der Waals surface area (Å²) in [6, 6.07) is 8.37. The van der Waals surface area contributed by atoms with Gasteiger partial charge in [-0.15, -0.1) is 0 Å². The first-order chi connectivity index (χ1) is 11.1. The predicted octanol–water partition coefficient (Wildman–Crippen LogP) is 2.56. The Bertz CT molecular complexity index is 671. The first-order valence-corrected chi connectivity index (χ1v) is 8.08. The molecule has 0 saturated carbocycles. The van der Waals surface area contributed by atoms with E-state index in [0.717, 1.165) is 22.9 Å². The Morgan fingerprint density at radius 2 is 2.09 bits per heavy atom. The molecule has 0 radical (unpaired) electrons. The van der Waals surface area contributed by atoms with Gasteiger partial charge in [0.1, 0.15) is 0 Å². The van der Waals surface area contributed by atoms with Crippen molar-refractivity contribution in [3.63, 3.8) is 0 Å². The summed E-state index contributed by atoms with van der Waals surface area (Å²) in [7, 11) is 0. The molecule has 0 saturated heterocycles. The Labute approximate surface area is 137 Å². The Balaban J connectivity index is 2.11. The summed E-state index contributed by atoms with van der Waals surface area (Å²) in [6.45, 7) is 8.30. The maximum atomic E-state index is 10.9. The highest BCUT2D eigenvalue weighted by Gasteiger charge is 2.08. The lowest BCUT2D eigenvalue weighted by Crippen LogP contribution is -2.30. The van der Waals surface area contributed by atoms with Gasteiger partial charge in [-0.25, -0.2) is 4.98 Å². The minimum absolute atomic E-state index is 0.0125. The lowest BCUT2D eigenvalue weighted by atomic mass is 10.1. The Kier molecular flexibility index (Phi) is 6.35. The fourth-order valence-corrected chi connectivity index (χ4v) is 2.30. The van der Waals surface area contributed by atoms with E-state index in [1.54, 1.807) is 0 Å². The van der Waals surface area contributed by atoms with Gasteiger partial charge in [-0.1, -0.05) is 19.1 Å². The van der Waals surface area contributed by atoms with E-state index in [9.17, 15) is 4.79 Å². The second kappa shape index (κ2) is 8.48. The molecule has 0 unspecified atom stereocenters. The van der Waals surface area contributed by atoms with E-state index in [1.807, 2.05) is 0 Å². The molecular weight excluding hydrogens is 290 g/mol. The third kappa shape index (κ3) is 5.21. The molecule has 0 atom stereocenters. The highest BCUT2D eigenvalue weighted by Crippen LogP contribution is 2.23. The van der Waals surface area contributed by atoms with Gasteiger partial charge >= 0.3 is 0 Å². The van der Waals surface area contributed by atoms with Gasteiger partial charge in [0, 0.05) is 37.5 Å². The number of benzene rings is 1. The number of ether oxygens (including phenoxy) is 1. The van der Waals surface area contributed by atoms with Crippen LogP contribution in [0.15, 0.2) is 24.3 Å². The molecule has 0 bridgehead atoms. The standard InChI is InChI=1S/C18H25N3O2/c1-4-9-23-18-16(12-19-7-8-20-14(3)22)11-15-6-5-13(2)10-17(15)21-18/h5-6,10-11,19H,4,7-9,12H2,1-3H3,(H,20,22). The van der Waals surface area contributed by atoms with Gasteiger partial charge in [0.05, 0.1) is 12.1 Å². The average Bonchev–Trinajstić information content (AvgIpc) is 2.52. The van der Waals surface area contributed by atoms with Crippen molar-refractivity contribution in [3.8, 4) is 5.88 Å². The summed E-state index contributed by atoms with van der Waals surface area (Å²) in [5.41, 5.74) is 3.18. The van der Waals surface area contributed by atoms with E-state index in [0.29, 0.717) is 32.1 Å². The summed E-state index contributed by atoms with van der Waals surface area (Å²) in [5.74, 6) is 0.679. The summed E-state index contributed by atoms with van der Waals surface area (Å²) in [5, 5.41) is 7.19. The van der Waals surface area contributed by atoms with Crippen LogP contribution < -0.4 is 15.4 Å². The quantitative estimate of drug-likeness (QED) is 0.735. The predicted molar refractivity (Wildman–Crippen MR) is 92.7 cm³/mol. The van der Waals surface area contributed by atoms with E-state index in [-0.39, 0.29) is 5.91 Å². The van der Waals surface area contributed by atoms with E-state index >= 15 is 0 Å². The number of nitrogens with zero attached hydrogens (tertiary/aromatic N) is 1. The molecule has 1 heterocycles. The van der Waals surface area contributed by atoms with Gasteiger partial charge in [-0.3, -0.25) is 4.79 Å². The highest BCUT2D eigenvalue weighted by atomic mass is 16.5. The van der Waals surface area contributed by atoms with Crippen LogP contribution in [0.3, 0.4) is 0 Å². The van der Waals surface area contributed by atoms with Crippen molar-refractivity contribution in [2.75, 3.05) is 19.7 Å². The fourth-order valence-electron chi connectivity index (χ4n) is 2.30. The molecule has 1 aromatic carbocycles. The zero-order valence-electron chi connectivity index (χ0n) is 14.1. The average molecular weight is 315 g/mol. The number of aryl methyl sites for hydroxylation is 1. The van der Waals surface area contributed by atoms with Crippen molar-refractivity contribution in [1.29, 1.82) is 0 Å². The highest BCUT2D eigenvalue weighted by molar-refractivity contribution is 5.80. The summed E-state index contributed by atoms with van der Waals surface area (Å²) < 4.78 is 5.81. The van der Waals surface area contributed by atoms with Crippen molar-refractivity contribution >= 4 is 16.8 Å². The molecular formula is C18H25N3O2. The molecule has 1 aromatic heterocycles. The largest absolute Gasteiger partial charge is 0.477 e. The van der Waals surface area contributed by atoms with Crippen LogP contribution in [0, 0.1) is 6.92 Å². The maximum Gasteiger partial charge on any atom is 0.218 e. The number of hydrogen-bond acceptors (Lipinski definition) is 4. The molecule has 0 aliphatic rings. The molecule has 2 N–H and O–H groups in total. The Hall–Kier alpha value is -2.14. The van der Waals surface area contributed by atoms with Gasteiger partial charge < -0.3 is 15.4 Å². The Morgan fingerprint density at radius 3 is 2.83 bits per heavy atom. The second-order valence-corrected chi connectivity index (χ2v) is 5.66. The minimum atomic E-state index is -0.0125. The monoisotopic (exact) mass is 315 g/mol. The van der Waals surface area contributed by atoms with Gasteiger partial charge in [-0.05, 0) is 31.0 Å². The van der Waals surface area contributed by atoms with Crippen molar-refractivity contribution < 1.29 is 9.53 Å². The molecule has 0 aliphatic heterocycles. The number of rotatable bonds is 8. The fraction of sp³-hybridized carbons (Fsp3) is 0.444. The molecule has 2 aromatic rings. The Morgan fingerprint density at radius 1 is 1.26 bits per heavy atom. The van der Waals surface area contributed by atoms with Crippen LogP contribution in [0.2, 0.25) is 0 Å². The van der Waals surface area contributed by atoms with E-state index in [2.05, 4.69) is 53.7 Å². The lowest BCUT2D eigenvalue weighted by Gasteiger charge is -2.13. The number of carbonyl (C=O) groups is 1. The SMILES string of the molecule is CCCOc1nc2cc(C)ccc2cc1CNCCNC(C)=O. The van der Waals surface area contributed by atoms with E-state index < -0.39 is 0 Å². The topological polar surface area (TPSA) is 63.2 Å². The molecule has 5 heteroatoms. The van der Waals surface area contributed by atoms with Gasteiger partial charge in [-0.2, -0.15) is 0 Å². The van der Waals surface area contributed by atoms with Crippen LogP contribution in [0.4, 0.5) is 0 Å². The molecule has 0 aliphatic carbocycles. The molecule has 0 spiro atoms. The number of hydrogen-bond donors (Lipinski definition) is 2. The molecule has 0 fully saturated rings. The van der Waals surface area contributed by atoms with E-state index in [4.69, 9.17) is 4.74 Å². The van der Waals surface area contributed by atoms with Crippen molar-refractivity contribution in [3.05, 3.63) is 35.4 Å². The molecule has 23 heavy (non-hydrogen) atoms. The number of amides is 1. The molecule has 124 valence electrons. The summed E-state index contributed by atoms with van der Waals surface area (Å²) in [6.07, 6.45) is 0.947. The normalized spacial score (nSPS) is 10.7. The van der Waals surface area contributed by atoms with Gasteiger partial charge in [0.15, 0.2) is 0 Å². The lowest BCUT2D eigenvalue weighted by molar-refractivity contribution is -0.118. The van der Waals surface area contributed by atoms with Crippen molar-refractivity contribution in [2.45, 2.75) is 33.7 Å². The van der Waals surface area contributed by atoms with Gasteiger partial charge in [0.2, 0.25) is 11.8 Å². The van der Waals surface area contributed by atoms with E-state index in [1.165, 1.54) is 12.5 Å². The van der Waals surface area contributed by atoms with Crippen molar-refractivity contribution in [1.82, 2.24) is 15.6 Å². The van der Waals surface area contributed by atoms with Crippen LogP contribution in [0.5, 0.6) is 5.88 Å². The number of aromatic nitrogens is 1. The number of nitrogens with one attached hydrogen (secondary N) is 2. The third-order valence-corrected chi connectivity index (χ3v) is 3.45. The third-order valence-electron chi connectivity index (χ3n) is 3.45. The minimum Gasteiger partial charge on any atom is -0.477 e. The first kappa shape index (κ1) is 17.2. The maximum absolute atomic E-state index is 10.9.